The molecular formula is C21H34N2O3S. The minimum atomic E-state index is -3.57. The smallest absolute Gasteiger partial charge is 0.243 e. The van der Waals surface area contributed by atoms with Gasteiger partial charge in [-0.25, -0.2) is 8.42 Å². The van der Waals surface area contributed by atoms with Crippen molar-refractivity contribution >= 4 is 15.9 Å². The van der Waals surface area contributed by atoms with Crippen LogP contribution >= 0.6 is 0 Å². The van der Waals surface area contributed by atoms with Crippen LogP contribution in [0.5, 0.6) is 0 Å². The van der Waals surface area contributed by atoms with Gasteiger partial charge in [-0.3, -0.25) is 4.79 Å². The molecule has 0 saturated carbocycles. The predicted molar refractivity (Wildman–Crippen MR) is 109 cm³/mol. The largest absolute Gasteiger partial charge is 0.343 e. The van der Waals surface area contributed by atoms with E-state index in [1.165, 1.54) is 4.31 Å². The van der Waals surface area contributed by atoms with Crippen molar-refractivity contribution in [2.45, 2.75) is 64.2 Å². The number of piperidine rings is 1. The molecule has 1 amide bonds. The fourth-order valence-electron chi connectivity index (χ4n) is 3.59. The zero-order valence-corrected chi connectivity index (χ0v) is 18.2. The summed E-state index contributed by atoms with van der Waals surface area (Å²) < 4.78 is 27.7. The lowest BCUT2D eigenvalue weighted by Gasteiger charge is -2.34. The molecule has 1 heterocycles. The summed E-state index contributed by atoms with van der Waals surface area (Å²) in [4.78, 5) is 14.8. The van der Waals surface area contributed by atoms with E-state index in [1.807, 2.05) is 26.0 Å². The number of hydrogen-bond acceptors (Lipinski definition) is 3. The minimum Gasteiger partial charge on any atom is -0.343 e. The molecule has 0 spiro atoms. The van der Waals surface area contributed by atoms with E-state index in [0.717, 1.165) is 24.8 Å². The van der Waals surface area contributed by atoms with Crippen molar-refractivity contribution in [3.05, 3.63) is 29.8 Å². The SMILES string of the molecule is CCN(CC)C(=O)C1CCCN(S(=O)(=O)c2ccc(C(C)(C)CC)cc2)C1. The minimum absolute atomic E-state index is 0.0225. The third-order valence-corrected chi connectivity index (χ3v) is 7.85. The summed E-state index contributed by atoms with van der Waals surface area (Å²) >= 11 is 0. The van der Waals surface area contributed by atoms with Crippen molar-refractivity contribution in [1.82, 2.24) is 9.21 Å². The molecule has 1 fully saturated rings. The molecule has 1 aliphatic rings. The zero-order chi connectivity index (χ0) is 20.2. The molecule has 0 aliphatic carbocycles. The fourth-order valence-corrected chi connectivity index (χ4v) is 5.11. The molecule has 0 bridgehead atoms. The zero-order valence-electron chi connectivity index (χ0n) is 17.4. The van der Waals surface area contributed by atoms with E-state index < -0.39 is 10.0 Å². The summed E-state index contributed by atoms with van der Waals surface area (Å²) in [5, 5.41) is 0. The number of hydrogen-bond donors (Lipinski definition) is 0. The lowest BCUT2D eigenvalue weighted by molar-refractivity contribution is -0.136. The highest BCUT2D eigenvalue weighted by Gasteiger charge is 2.34. The van der Waals surface area contributed by atoms with Crippen LogP contribution in [-0.4, -0.2) is 49.7 Å². The quantitative estimate of drug-likeness (QED) is 0.709. The number of rotatable bonds is 7. The summed E-state index contributed by atoms with van der Waals surface area (Å²) in [5.41, 5.74) is 1.16. The molecule has 27 heavy (non-hydrogen) atoms. The van der Waals surface area contributed by atoms with E-state index in [4.69, 9.17) is 0 Å². The lowest BCUT2D eigenvalue weighted by Crippen LogP contribution is -2.46. The molecular weight excluding hydrogens is 360 g/mol. The molecule has 0 aromatic heterocycles. The summed E-state index contributed by atoms with van der Waals surface area (Å²) in [6, 6.07) is 7.24. The molecule has 6 heteroatoms. The average molecular weight is 395 g/mol. The van der Waals surface area contributed by atoms with Crippen LogP contribution in [-0.2, 0) is 20.2 Å². The van der Waals surface area contributed by atoms with Gasteiger partial charge in [0.15, 0.2) is 0 Å². The lowest BCUT2D eigenvalue weighted by atomic mass is 9.82. The first-order valence-electron chi connectivity index (χ1n) is 10.1. The van der Waals surface area contributed by atoms with Gasteiger partial charge in [0.25, 0.3) is 0 Å². The Kier molecular flexibility index (Phi) is 7.09. The van der Waals surface area contributed by atoms with Gasteiger partial charge in [0.1, 0.15) is 0 Å². The number of carbonyl (C=O) groups is 1. The molecule has 2 rings (SSSR count). The Morgan fingerprint density at radius 1 is 1.15 bits per heavy atom. The van der Waals surface area contributed by atoms with Crippen molar-refractivity contribution < 1.29 is 13.2 Å². The Morgan fingerprint density at radius 3 is 2.26 bits per heavy atom. The Morgan fingerprint density at radius 2 is 1.74 bits per heavy atom. The maximum atomic E-state index is 13.1. The Balaban J connectivity index is 2.19. The first kappa shape index (κ1) is 21.9. The number of carbonyl (C=O) groups excluding carboxylic acids is 1. The molecule has 1 aromatic carbocycles. The van der Waals surface area contributed by atoms with E-state index in [9.17, 15) is 13.2 Å². The molecule has 1 saturated heterocycles. The van der Waals surface area contributed by atoms with Gasteiger partial charge in [0.2, 0.25) is 15.9 Å². The van der Waals surface area contributed by atoms with Crippen LogP contribution in [0, 0.1) is 5.92 Å². The Bertz CT molecular complexity index is 737. The van der Waals surface area contributed by atoms with Gasteiger partial charge in [-0.05, 0) is 56.2 Å². The topological polar surface area (TPSA) is 57.7 Å². The highest BCUT2D eigenvalue weighted by atomic mass is 32.2. The van der Waals surface area contributed by atoms with Gasteiger partial charge in [-0.1, -0.05) is 32.9 Å². The monoisotopic (exact) mass is 394 g/mol. The third-order valence-electron chi connectivity index (χ3n) is 5.97. The van der Waals surface area contributed by atoms with Crippen molar-refractivity contribution in [3.63, 3.8) is 0 Å². The van der Waals surface area contributed by atoms with E-state index >= 15 is 0 Å². The van der Waals surface area contributed by atoms with Gasteiger partial charge < -0.3 is 4.90 Å². The molecule has 1 atom stereocenters. The predicted octanol–water partition coefficient (Wildman–Crippen LogP) is 3.64. The first-order valence-corrected chi connectivity index (χ1v) is 11.5. The summed E-state index contributed by atoms with van der Waals surface area (Å²) in [6.07, 6.45) is 2.46. The van der Waals surface area contributed by atoms with Gasteiger partial charge in [0, 0.05) is 26.2 Å². The normalized spacial score (nSPS) is 19.1. The van der Waals surface area contributed by atoms with Crippen LogP contribution < -0.4 is 0 Å². The van der Waals surface area contributed by atoms with Crippen LogP contribution in [0.3, 0.4) is 0 Å². The van der Waals surface area contributed by atoms with Gasteiger partial charge in [-0.15, -0.1) is 0 Å². The number of nitrogens with zero attached hydrogens (tertiary/aromatic N) is 2. The molecule has 1 aromatic rings. The van der Waals surface area contributed by atoms with Crippen LogP contribution in [0.15, 0.2) is 29.2 Å². The Hall–Kier alpha value is -1.40. The maximum Gasteiger partial charge on any atom is 0.243 e. The third kappa shape index (κ3) is 4.72. The number of amides is 1. The van der Waals surface area contributed by atoms with Crippen molar-refractivity contribution in [3.8, 4) is 0 Å². The van der Waals surface area contributed by atoms with Crippen molar-refractivity contribution in [2.24, 2.45) is 5.92 Å². The van der Waals surface area contributed by atoms with E-state index in [2.05, 4.69) is 20.8 Å². The van der Waals surface area contributed by atoms with Crippen molar-refractivity contribution in [1.29, 1.82) is 0 Å². The van der Waals surface area contributed by atoms with Crippen LogP contribution in [0.4, 0.5) is 0 Å². The van der Waals surface area contributed by atoms with Crippen LogP contribution in [0.2, 0.25) is 0 Å². The van der Waals surface area contributed by atoms with E-state index in [0.29, 0.717) is 24.5 Å². The number of benzene rings is 1. The molecule has 0 radical (unpaired) electrons. The van der Waals surface area contributed by atoms with Gasteiger partial charge in [0.05, 0.1) is 10.8 Å². The van der Waals surface area contributed by atoms with Gasteiger partial charge >= 0.3 is 0 Å². The Labute approximate surface area is 164 Å². The number of sulfonamides is 1. The van der Waals surface area contributed by atoms with Gasteiger partial charge in [-0.2, -0.15) is 4.31 Å². The second kappa shape index (κ2) is 8.74. The van der Waals surface area contributed by atoms with Crippen LogP contribution in [0.25, 0.3) is 0 Å². The fraction of sp³-hybridized carbons (Fsp3) is 0.667. The maximum absolute atomic E-state index is 13.1. The highest BCUT2D eigenvalue weighted by molar-refractivity contribution is 7.89. The average Bonchev–Trinajstić information content (AvgIpc) is 2.69. The van der Waals surface area contributed by atoms with Crippen LogP contribution in [0.1, 0.15) is 59.4 Å². The molecule has 5 nitrogen and oxygen atoms in total. The summed E-state index contributed by atoms with van der Waals surface area (Å²) in [7, 11) is -3.57. The highest BCUT2D eigenvalue weighted by Crippen LogP contribution is 2.29. The second-order valence-electron chi connectivity index (χ2n) is 7.97. The standard InChI is InChI=1S/C21H34N2O3S/c1-6-21(4,5)18-11-13-19(14-12-18)27(25,26)23-15-9-10-17(16-23)20(24)22(7-2)8-3/h11-14,17H,6-10,15-16H2,1-5H3. The molecule has 1 aliphatic heterocycles. The molecule has 1 unspecified atom stereocenters. The van der Waals surface area contributed by atoms with E-state index in [1.54, 1.807) is 17.0 Å². The first-order chi connectivity index (χ1) is 12.7. The van der Waals surface area contributed by atoms with Crippen molar-refractivity contribution in [2.75, 3.05) is 26.2 Å². The second-order valence-corrected chi connectivity index (χ2v) is 9.91. The van der Waals surface area contributed by atoms with E-state index in [-0.39, 0.29) is 23.8 Å². The molecule has 0 N–H and O–H groups in total. The summed E-state index contributed by atoms with van der Waals surface area (Å²) in [5.74, 6) is -0.174. The summed E-state index contributed by atoms with van der Waals surface area (Å²) in [6.45, 7) is 12.4. The molecule has 152 valence electrons.